The number of hydrogen-bond donors (Lipinski definition) is 2. The second-order valence-electron chi connectivity index (χ2n) is 5.45. The third kappa shape index (κ3) is 3.72. The molecule has 0 atom stereocenters. The Labute approximate surface area is 143 Å². The highest BCUT2D eigenvalue weighted by atomic mass is 16.4. The molecule has 7 heteroatoms. The lowest BCUT2D eigenvalue weighted by Crippen LogP contribution is -2.23. The van der Waals surface area contributed by atoms with Crippen molar-refractivity contribution in [2.75, 3.05) is 0 Å². The number of carboxylic acid groups (broad SMARTS) is 1. The van der Waals surface area contributed by atoms with E-state index in [0.717, 1.165) is 16.9 Å². The molecule has 0 fully saturated rings. The molecule has 126 valence electrons. The van der Waals surface area contributed by atoms with Crippen molar-refractivity contribution in [2.45, 2.75) is 13.5 Å². The van der Waals surface area contributed by atoms with Crippen LogP contribution in [0.2, 0.25) is 0 Å². The predicted molar refractivity (Wildman–Crippen MR) is 93.6 cm³/mol. The number of aromatic carboxylic acids is 1. The van der Waals surface area contributed by atoms with Gasteiger partial charge in [-0.25, -0.2) is 15.2 Å². The lowest BCUT2D eigenvalue weighted by Gasteiger charge is -2.05. The van der Waals surface area contributed by atoms with Crippen LogP contribution in [-0.2, 0) is 11.3 Å². The number of para-hydroxylation sites is 2. The van der Waals surface area contributed by atoms with E-state index in [1.807, 2.05) is 35.8 Å². The van der Waals surface area contributed by atoms with Crippen molar-refractivity contribution in [2.24, 2.45) is 5.10 Å². The fourth-order valence-corrected chi connectivity index (χ4v) is 2.47. The van der Waals surface area contributed by atoms with Gasteiger partial charge < -0.3 is 9.67 Å². The van der Waals surface area contributed by atoms with Crippen LogP contribution in [0.1, 0.15) is 21.7 Å². The summed E-state index contributed by atoms with van der Waals surface area (Å²) in [6.45, 7) is 1.96. The number of aryl methyl sites for hydroxylation is 1. The maximum absolute atomic E-state index is 12.1. The maximum atomic E-state index is 12.1. The zero-order chi connectivity index (χ0) is 17.8. The first-order valence-electron chi connectivity index (χ1n) is 7.62. The molecule has 25 heavy (non-hydrogen) atoms. The first kappa shape index (κ1) is 16.4. The van der Waals surface area contributed by atoms with Crippen LogP contribution in [0, 0.1) is 6.92 Å². The molecular formula is C18H16N4O3. The summed E-state index contributed by atoms with van der Waals surface area (Å²) in [5, 5.41) is 12.7. The number of aromatic nitrogens is 2. The molecule has 0 aliphatic carbocycles. The highest BCUT2D eigenvalue weighted by Gasteiger charge is 2.10. The summed E-state index contributed by atoms with van der Waals surface area (Å²) in [4.78, 5) is 27.3. The SMILES string of the molecule is Cc1nc2ccccc2n1CC(=O)N/N=C/c1ccc(C(=O)O)cc1. The number of rotatable bonds is 5. The molecule has 1 aromatic heterocycles. The molecule has 0 spiro atoms. The van der Waals surface area contributed by atoms with Crippen LogP contribution in [0.3, 0.4) is 0 Å². The number of imidazole rings is 1. The molecule has 0 unspecified atom stereocenters. The number of hydrazone groups is 1. The van der Waals surface area contributed by atoms with Crippen LogP contribution in [-0.4, -0.2) is 32.7 Å². The minimum Gasteiger partial charge on any atom is -0.478 e. The summed E-state index contributed by atoms with van der Waals surface area (Å²) in [6.07, 6.45) is 1.46. The van der Waals surface area contributed by atoms with E-state index < -0.39 is 5.97 Å². The Hall–Kier alpha value is -3.48. The zero-order valence-electron chi connectivity index (χ0n) is 13.5. The highest BCUT2D eigenvalue weighted by molar-refractivity contribution is 5.89. The van der Waals surface area contributed by atoms with Crippen LogP contribution in [0.15, 0.2) is 53.6 Å². The first-order valence-corrected chi connectivity index (χ1v) is 7.62. The fourth-order valence-electron chi connectivity index (χ4n) is 2.47. The van der Waals surface area contributed by atoms with Crippen molar-refractivity contribution in [1.82, 2.24) is 15.0 Å². The second-order valence-corrected chi connectivity index (χ2v) is 5.45. The lowest BCUT2D eigenvalue weighted by molar-refractivity contribution is -0.121. The molecule has 0 bridgehead atoms. The smallest absolute Gasteiger partial charge is 0.335 e. The molecule has 1 amide bonds. The van der Waals surface area contributed by atoms with Gasteiger partial charge in [-0.3, -0.25) is 4.79 Å². The topological polar surface area (TPSA) is 96.6 Å². The molecule has 0 aliphatic heterocycles. The number of fused-ring (bicyclic) bond motifs is 1. The number of hydrogen-bond acceptors (Lipinski definition) is 4. The molecular weight excluding hydrogens is 320 g/mol. The Balaban J connectivity index is 1.64. The molecule has 1 heterocycles. The number of benzene rings is 2. The van der Waals surface area contributed by atoms with Gasteiger partial charge in [0.1, 0.15) is 12.4 Å². The quantitative estimate of drug-likeness (QED) is 0.551. The Kier molecular flexibility index (Phi) is 4.56. The van der Waals surface area contributed by atoms with Crippen molar-refractivity contribution in [3.63, 3.8) is 0 Å². The standard InChI is InChI=1S/C18H16N4O3/c1-12-20-15-4-2-3-5-16(15)22(12)11-17(23)21-19-10-13-6-8-14(9-7-13)18(24)25/h2-10H,11H2,1H3,(H,21,23)(H,24,25)/b19-10+. The summed E-state index contributed by atoms with van der Waals surface area (Å²) in [5.41, 5.74) is 5.09. The molecule has 2 aromatic carbocycles. The predicted octanol–water partition coefficient (Wildman–Crippen LogP) is 2.19. The first-order chi connectivity index (χ1) is 12.0. The van der Waals surface area contributed by atoms with E-state index in [4.69, 9.17) is 5.11 Å². The van der Waals surface area contributed by atoms with Gasteiger partial charge in [-0.05, 0) is 36.8 Å². The highest BCUT2D eigenvalue weighted by Crippen LogP contribution is 2.14. The van der Waals surface area contributed by atoms with E-state index in [9.17, 15) is 9.59 Å². The van der Waals surface area contributed by atoms with Gasteiger partial charge in [0.15, 0.2) is 0 Å². The van der Waals surface area contributed by atoms with Gasteiger partial charge in [-0.1, -0.05) is 24.3 Å². The maximum Gasteiger partial charge on any atom is 0.335 e. The van der Waals surface area contributed by atoms with E-state index in [-0.39, 0.29) is 18.0 Å². The van der Waals surface area contributed by atoms with Gasteiger partial charge in [0.25, 0.3) is 5.91 Å². The number of carbonyl (C=O) groups is 2. The lowest BCUT2D eigenvalue weighted by atomic mass is 10.1. The molecule has 0 radical (unpaired) electrons. The van der Waals surface area contributed by atoms with Crippen molar-refractivity contribution in [3.05, 3.63) is 65.5 Å². The molecule has 0 saturated carbocycles. The van der Waals surface area contributed by atoms with Crippen LogP contribution in [0.25, 0.3) is 11.0 Å². The number of carbonyl (C=O) groups excluding carboxylic acids is 1. The van der Waals surface area contributed by atoms with E-state index in [0.29, 0.717) is 5.56 Å². The van der Waals surface area contributed by atoms with Crippen LogP contribution in [0.4, 0.5) is 0 Å². The van der Waals surface area contributed by atoms with Crippen LogP contribution >= 0.6 is 0 Å². The third-order valence-corrected chi connectivity index (χ3v) is 3.71. The van der Waals surface area contributed by atoms with Crippen molar-refractivity contribution in [1.29, 1.82) is 0 Å². The Morgan fingerprint density at radius 3 is 2.64 bits per heavy atom. The molecule has 0 aliphatic rings. The number of nitrogens with zero attached hydrogens (tertiary/aromatic N) is 3. The number of amides is 1. The normalized spacial score (nSPS) is 11.1. The largest absolute Gasteiger partial charge is 0.478 e. The van der Waals surface area contributed by atoms with E-state index in [1.165, 1.54) is 18.3 Å². The molecule has 3 aromatic rings. The molecule has 2 N–H and O–H groups in total. The van der Waals surface area contributed by atoms with Gasteiger partial charge in [0.2, 0.25) is 0 Å². The number of carboxylic acids is 1. The van der Waals surface area contributed by atoms with Gasteiger partial charge in [0, 0.05) is 0 Å². The monoisotopic (exact) mass is 336 g/mol. The van der Waals surface area contributed by atoms with Crippen molar-refractivity contribution in [3.8, 4) is 0 Å². The summed E-state index contributed by atoms with van der Waals surface area (Å²) in [7, 11) is 0. The van der Waals surface area contributed by atoms with E-state index in [2.05, 4.69) is 15.5 Å². The van der Waals surface area contributed by atoms with Gasteiger partial charge in [-0.2, -0.15) is 5.10 Å². The van der Waals surface area contributed by atoms with E-state index >= 15 is 0 Å². The average molecular weight is 336 g/mol. The molecule has 0 saturated heterocycles. The number of nitrogens with one attached hydrogen (secondary N) is 1. The van der Waals surface area contributed by atoms with Crippen LogP contribution in [0.5, 0.6) is 0 Å². The van der Waals surface area contributed by atoms with Gasteiger partial charge in [-0.15, -0.1) is 0 Å². The zero-order valence-corrected chi connectivity index (χ0v) is 13.5. The summed E-state index contributed by atoms with van der Waals surface area (Å²) in [6, 6.07) is 13.8. The summed E-state index contributed by atoms with van der Waals surface area (Å²) in [5.74, 6) is -0.506. The Bertz CT molecular complexity index is 958. The van der Waals surface area contributed by atoms with Crippen molar-refractivity contribution < 1.29 is 14.7 Å². The fraction of sp³-hybridized carbons (Fsp3) is 0.111. The van der Waals surface area contributed by atoms with Gasteiger partial charge in [0.05, 0.1) is 22.8 Å². The molecule has 7 nitrogen and oxygen atoms in total. The van der Waals surface area contributed by atoms with Crippen molar-refractivity contribution >= 4 is 29.1 Å². The Morgan fingerprint density at radius 1 is 1.20 bits per heavy atom. The van der Waals surface area contributed by atoms with Crippen LogP contribution < -0.4 is 5.43 Å². The van der Waals surface area contributed by atoms with E-state index in [1.54, 1.807) is 12.1 Å². The third-order valence-electron chi connectivity index (χ3n) is 3.71. The molecule has 3 rings (SSSR count). The average Bonchev–Trinajstić information content (AvgIpc) is 2.91. The van der Waals surface area contributed by atoms with Gasteiger partial charge >= 0.3 is 5.97 Å². The Morgan fingerprint density at radius 2 is 1.92 bits per heavy atom. The summed E-state index contributed by atoms with van der Waals surface area (Å²) < 4.78 is 1.82. The minimum atomic E-state index is -0.986. The second kappa shape index (κ2) is 6.96. The minimum absolute atomic E-state index is 0.113. The summed E-state index contributed by atoms with van der Waals surface area (Å²) >= 11 is 0.